The molecule has 1 atom stereocenters. The van der Waals surface area contributed by atoms with Crippen molar-refractivity contribution in [3.63, 3.8) is 0 Å². The lowest BCUT2D eigenvalue weighted by atomic mass is 10.1. The predicted octanol–water partition coefficient (Wildman–Crippen LogP) is 4.41. The molecule has 5 aromatic rings. The van der Waals surface area contributed by atoms with E-state index in [0.717, 1.165) is 0 Å². The zero-order chi connectivity index (χ0) is 24.0. The summed E-state index contributed by atoms with van der Waals surface area (Å²) in [7, 11) is 0. The molecule has 34 heavy (non-hydrogen) atoms. The lowest BCUT2D eigenvalue weighted by Gasteiger charge is -2.21. The first kappa shape index (κ1) is 21.9. The van der Waals surface area contributed by atoms with Gasteiger partial charge in [-0.1, -0.05) is 41.4 Å². The van der Waals surface area contributed by atoms with Crippen molar-refractivity contribution in [2.24, 2.45) is 0 Å². The van der Waals surface area contributed by atoms with Crippen LogP contribution in [-0.2, 0) is 0 Å². The van der Waals surface area contributed by atoms with Crippen LogP contribution in [0.25, 0.3) is 22.1 Å². The van der Waals surface area contributed by atoms with E-state index in [1.807, 2.05) is 6.07 Å². The highest BCUT2D eigenvalue weighted by Crippen LogP contribution is 2.27. The third kappa shape index (κ3) is 3.67. The van der Waals surface area contributed by atoms with Gasteiger partial charge in [0.25, 0.3) is 11.5 Å². The zero-order valence-electron chi connectivity index (χ0n) is 17.9. The number of carbonyl (C=O) groups is 1. The van der Waals surface area contributed by atoms with Crippen LogP contribution in [0.2, 0.25) is 10.0 Å². The largest absolute Gasteiger partial charge is 0.381 e. The highest BCUT2D eigenvalue weighted by molar-refractivity contribution is 6.35. The molecule has 0 aliphatic carbocycles. The fraction of sp³-hybridized carbons (Fsp3) is 0.0833. The Kier molecular flexibility index (Phi) is 5.47. The van der Waals surface area contributed by atoms with Crippen LogP contribution in [0.3, 0.4) is 0 Å². The fourth-order valence-electron chi connectivity index (χ4n) is 4.00. The lowest BCUT2D eigenvalue weighted by Crippen LogP contribution is -2.32. The molecule has 10 heteroatoms. The highest BCUT2D eigenvalue weighted by atomic mass is 35.5. The number of anilines is 1. The van der Waals surface area contributed by atoms with Gasteiger partial charge in [0.2, 0.25) is 0 Å². The van der Waals surface area contributed by atoms with Crippen molar-refractivity contribution in [2.45, 2.75) is 13.0 Å². The summed E-state index contributed by atoms with van der Waals surface area (Å²) in [6, 6.07) is 15.1. The molecule has 2 aromatic carbocycles. The van der Waals surface area contributed by atoms with E-state index in [2.05, 4.69) is 15.4 Å². The van der Waals surface area contributed by atoms with Crippen molar-refractivity contribution in [1.29, 1.82) is 0 Å². The first-order chi connectivity index (χ1) is 16.3. The van der Waals surface area contributed by atoms with Crippen LogP contribution in [0.4, 0.5) is 5.82 Å². The smallest absolute Gasteiger partial charge is 0.264 e. The number of nitrogens with two attached hydrogens (primary N) is 1. The molecule has 5 rings (SSSR count). The standard InChI is InChI=1S/C24H18Cl2N6O2/c1-13(29-23(33)20-21(27)30-31-10-4-9-28-22(20)31)18-11-14-5-2-8-17(26)19(14)24(34)32(18)16-7-3-6-15(25)12-16/h2-13H,1H3,(H2,27,30)(H,29,33). The molecule has 3 heterocycles. The molecule has 0 aliphatic rings. The van der Waals surface area contributed by atoms with Gasteiger partial charge >= 0.3 is 0 Å². The van der Waals surface area contributed by atoms with E-state index in [1.165, 1.54) is 9.08 Å². The van der Waals surface area contributed by atoms with Crippen LogP contribution >= 0.6 is 23.2 Å². The third-order valence-corrected chi connectivity index (χ3v) is 6.08. The Hall–Kier alpha value is -3.88. The molecule has 0 radical (unpaired) electrons. The Labute approximate surface area is 203 Å². The molecule has 0 spiro atoms. The number of benzene rings is 2. The van der Waals surface area contributed by atoms with E-state index in [-0.39, 0.29) is 16.9 Å². The van der Waals surface area contributed by atoms with Crippen LogP contribution in [0, 0.1) is 0 Å². The summed E-state index contributed by atoms with van der Waals surface area (Å²) < 4.78 is 2.94. The van der Waals surface area contributed by atoms with Gasteiger partial charge in [0.1, 0.15) is 5.56 Å². The fourth-order valence-corrected chi connectivity index (χ4v) is 4.45. The number of carbonyl (C=O) groups excluding carboxylic acids is 1. The van der Waals surface area contributed by atoms with E-state index in [0.29, 0.717) is 37.8 Å². The van der Waals surface area contributed by atoms with Crippen LogP contribution in [0.5, 0.6) is 0 Å². The monoisotopic (exact) mass is 492 g/mol. The Morgan fingerprint density at radius 3 is 2.71 bits per heavy atom. The molecule has 0 fully saturated rings. The van der Waals surface area contributed by atoms with Gasteiger partial charge in [0.05, 0.1) is 22.1 Å². The van der Waals surface area contributed by atoms with Gasteiger partial charge in [-0.15, -0.1) is 5.10 Å². The number of halogens is 2. The molecule has 3 aromatic heterocycles. The number of hydrogen-bond acceptors (Lipinski definition) is 5. The minimum atomic E-state index is -0.597. The predicted molar refractivity (Wildman–Crippen MR) is 133 cm³/mol. The summed E-state index contributed by atoms with van der Waals surface area (Å²) in [5, 5.41) is 8.91. The van der Waals surface area contributed by atoms with Gasteiger partial charge in [0, 0.05) is 23.1 Å². The van der Waals surface area contributed by atoms with Crippen LogP contribution < -0.4 is 16.6 Å². The van der Waals surface area contributed by atoms with Gasteiger partial charge < -0.3 is 11.1 Å². The number of fused-ring (bicyclic) bond motifs is 2. The summed E-state index contributed by atoms with van der Waals surface area (Å²) >= 11 is 12.6. The topological polar surface area (TPSA) is 107 Å². The molecular weight excluding hydrogens is 475 g/mol. The third-order valence-electron chi connectivity index (χ3n) is 5.53. The number of nitrogens with one attached hydrogen (secondary N) is 1. The average molecular weight is 493 g/mol. The van der Waals surface area contributed by atoms with E-state index >= 15 is 0 Å². The maximum atomic E-state index is 13.6. The van der Waals surface area contributed by atoms with Gasteiger partial charge in [-0.05, 0) is 48.7 Å². The highest BCUT2D eigenvalue weighted by Gasteiger charge is 2.24. The van der Waals surface area contributed by atoms with Crippen molar-refractivity contribution in [3.05, 3.63) is 98.6 Å². The molecule has 0 bridgehead atoms. The Balaban J connectivity index is 1.65. The Morgan fingerprint density at radius 2 is 1.91 bits per heavy atom. The maximum Gasteiger partial charge on any atom is 0.264 e. The van der Waals surface area contributed by atoms with Gasteiger partial charge in [-0.3, -0.25) is 14.2 Å². The molecule has 8 nitrogen and oxygen atoms in total. The number of aromatic nitrogens is 4. The SMILES string of the molecule is CC(NC(=O)c1c(N)nn2cccnc12)c1cc2cccc(Cl)c2c(=O)n1-c1cccc(Cl)c1. The lowest BCUT2D eigenvalue weighted by molar-refractivity contribution is 0.0941. The quantitative estimate of drug-likeness (QED) is 0.386. The number of amides is 1. The summed E-state index contributed by atoms with van der Waals surface area (Å²) in [5.74, 6) is -0.407. The molecule has 0 saturated heterocycles. The van der Waals surface area contributed by atoms with Gasteiger partial charge in [0.15, 0.2) is 11.5 Å². The molecule has 1 unspecified atom stereocenters. The van der Waals surface area contributed by atoms with Crippen LogP contribution in [0.1, 0.15) is 29.0 Å². The average Bonchev–Trinajstić information content (AvgIpc) is 3.14. The van der Waals surface area contributed by atoms with Gasteiger partial charge in [-0.2, -0.15) is 0 Å². The van der Waals surface area contributed by atoms with Crippen LogP contribution in [-0.4, -0.2) is 25.1 Å². The zero-order valence-corrected chi connectivity index (χ0v) is 19.4. The molecule has 0 aliphatic heterocycles. The second-order valence-corrected chi connectivity index (χ2v) is 8.58. The molecule has 0 saturated carbocycles. The number of rotatable bonds is 4. The molecule has 1 amide bonds. The Bertz CT molecular complexity index is 1640. The summed E-state index contributed by atoms with van der Waals surface area (Å²) in [6.07, 6.45) is 3.21. The van der Waals surface area contributed by atoms with Crippen molar-refractivity contribution < 1.29 is 4.79 Å². The summed E-state index contributed by atoms with van der Waals surface area (Å²) in [4.78, 5) is 31.0. The first-order valence-electron chi connectivity index (χ1n) is 10.3. The number of pyridine rings is 1. The van der Waals surface area contributed by atoms with Crippen molar-refractivity contribution >= 4 is 51.3 Å². The van der Waals surface area contributed by atoms with Crippen molar-refractivity contribution in [1.82, 2.24) is 24.5 Å². The summed E-state index contributed by atoms with van der Waals surface area (Å²) in [5.41, 5.74) is 7.27. The maximum absolute atomic E-state index is 13.6. The second kappa shape index (κ2) is 8.48. The number of nitrogens with zero attached hydrogens (tertiary/aromatic N) is 4. The van der Waals surface area contributed by atoms with Gasteiger partial charge in [-0.25, -0.2) is 9.50 Å². The molecule has 3 N–H and O–H groups in total. The normalized spacial score (nSPS) is 12.2. The van der Waals surface area contributed by atoms with E-state index in [9.17, 15) is 9.59 Å². The minimum absolute atomic E-state index is 0.0564. The van der Waals surface area contributed by atoms with Crippen LogP contribution in [0.15, 0.2) is 71.8 Å². The van der Waals surface area contributed by atoms with E-state index < -0.39 is 11.9 Å². The first-order valence-corrected chi connectivity index (χ1v) is 11.1. The van der Waals surface area contributed by atoms with Crippen molar-refractivity contribution in [2.75, 3.05) is 5.73 Å². The number of hydrogen-bond donors (Lipinski definition) is 2. The molecular formula is C24H18Cl2N6O2. The van der Waals surface area contributed by atoms with Crippen molar-refractivity contribution in [3.8, 4) is 5.69 Å². The van der Waals surface area contributed by atoms with E-state index in [4.69, 9.17) is 28.9 Å². The summed E-state index contributed by atoms with van der Waals surface area (Å²) in [6.45, 7) is 1.78. The Morgan fingerprint density at radius 1 is 1.12 bits per heavy atom. The van der Waals surface area contributed by atoms with E-state index in [1.54, 1.807) is 67.8 Å². The number of nitrogen functional groups attached to an aromatic ring is 1. The minimum Gasteiger partial charge on any atom is -0.381 e. The second-order valence-electron chi connectivity index (χ2n) is 7.74. The molecule has 170 valence electrons.